The van der Waals surface area contributed by atoms with E-state index in [1.165, 1.54) is 6.92 Å². The summed E-state index contributed by atoms with van der Waals surface area (Å²) in [6.07, 6.45) is -2.18. The van der Waals surface area contributed by atoms with Crippen LogP contribution in [-0.2, 0) is 4.79 Å². The summed E-state index contributed by atoms with van der Waals surface area (Å²) in [7, 11) is 0. The molecule has 0 aromatic carbocycles. The standard InChI is InChI=1S/C5H12N2O3/c1-3(8)5(10)7-4(9)2-6/h3-4,8-9H,2,6H2,1H3,(H,7,10). The predicted octanol–water partition coefficient (Wildman–Crippen LogP) is -2.24. The fourth-order valence-electron chi connectivity index (χ4n) is 0.344. The lowest BCUT2D eigenvalue weighted by Gasteiger charge is -2.10. The molecule has 2 atom stereocenters. The second-order valence-corrected chi connectivity index (χ2v) is 1.94. The molecule has 0 aliphatic heterocycles. The van der Waals surface area contributed by atoms with Crippen molar-refractivity contribution in [2.75, 3.05) is 6.54 Å². The Hall–Kier alpha value is -0.650. The van der Waals surface area contributed by atoms with Crippen molar-refractivity contribution >= 4 is 5.91 Å². The zero-order chi connectivity index (χ0) is 8.15. The molecular weight excluding hydrogens is 136 g/mol. The minimum Gasteiger partial charge on any atom is -0.384 e. The van der Waals surface area contributed by atoms with Crippen LogP contribution in [-0.4, -0.2) is 35.0 Å². The van der Waals surface area contributed by atoms with Crippen LogP contribution in [0.15, 0.2) is 0 Å². The van der Waals surface area contributed by atoms with Gasteiger partial charge in [0.05, 0.1) is 0 Å². The number of carbonyl (C=O) groups is 1. The topological polar surface area (TPSA) is 95.6 Å². The SMILES string of the molecule is CC(O)C(=O)NC(O)CN. The van der Waals surface area contributed by atoms with Gasteiger partial charge in [0.1, 0.15) is 12.3 Å². The molecule has 0 aromatic heterocycles. The molecule has 60 valence electrons. The van der Waals surface area contributed by atoms with Gasteiger partial charge < -0.3 is 21.3 Å². The van der Waals surface area contributed by atoms with Crippen LogP contribution in [0.2, 0.25) is 0 Å². The van der Waals surface area contributed by atoms with Crippen LogP contribution in [0.1, 0.15) is 6.92 Å². The van der Waals surface area contributed by atoms with Gasteiger partial charge in [-0.2, -0.15) is 0 Å². The number of aliphatic hydroxyl groups excluding tert-OH is 2. The highest BCUT2D eigenvalue weighted by Crippen LogP contribution is 1.80. The quantitative estimate of drug-likeness (QED) is 0.340. The van der Waals surface area contributed by atoms with Gasteiger partial charge in [0.25, 0.3) is 5.91 Å². The van der Waals surface area contributed by atoms with Gasteiger partial charge in [0.15, 0.2) is 0 Å². The van der Waals surface area contributed by atoms with Gasteiger partial charge in [0, 0.05) is 6.54 Å². The molecule has 1 amide bonds. The van der Waals surface area contributed by atoms with E-state index >= 15 is 0 Å². The highest BCUT2D eigenvalue weighted by molar-refractivity contribution is 5.80. The first-order valence-corrected chi connectivity index (χ1v) is 2.94. The van der Waals surface area contributed by atoms with Crippen molar-refractivity contribution in [3.63, 3.8) is 0 Å². The normalized spacial score (nSPS) is 16.0. The van der Waals surface area contributed by atoms with Gasteiger partial charge in [-0.25, -0.2) is 0 Å². The smallest absolute Gasteiger partial charge is 0.250 e. The molecule has 0 rings (SSSR count). The molecule has 0 bridgehead atoms. The Kier molecular flexibility index (Phi) is 3.94. The number of hydrogen-bond donors (Lipinski definition) is 4. The van der Waals surface area contributed by atoms with Gasteiger partial charge in [-0.05, 0) is 6.92 Å². The molecule has 5 heteroatoms. The van der Waals surface area contributed by atoms with Gasteiger partial charge in [0.2, 0.25) is 0 Å². The van der Waals surface area contributed by atoms with Crippen molar-refractivity contribution in [2.24, 2.45) is 5.73 Å². The molecular formula is C5H12N2O3. The van der Waals surface area contributed by atoms with Crippen molar-refractivity contribution in [1.29, 1.82) is 0 Å². The first-order chi connectivity index (χ1) is 4.57. The Labute approximate surface area is 58.8 Å². The number of nitrogens with two attached hydrogens (primary N) is 1. The molecule has 0 aromatic rings. The van der Waals surface area contributed by atoms with E-state index < -0.39 is 18.2 Å². The lowest BCUT2D eigenvalue weighted by atomic mass is 10.4. The Morgan fingerprint density at radius 2 is 2.20 bits per heavy atom. The molecule has 0 saturated heterocycles. The summed E-state index contributed by atoms with van der Waals surface area (Å²) in [5.74, 6) is -0.627. The van der Waals surface area contributed by atoms with E-state index in [1.54, 1.807) is 0 Å². The fraction of sp³-hybridized carbons (Fsp3) is 0.800. The largest absolute Gasteiger partial charge is 0.384 e. The summed E-state index contributed by atoms with van der Waals surface area (Å²) in [4.78, 5) is 10.5. The van der Waals surface area contributed by atoms with Gasteiger partial charge in [-0.15, -0.1) is 0 Å². The molecule has 0 saturated carbocycles. The highest BCUT2D eigenvalue weighted by atomic mass is 16.3. The molecule has 2 unspecified atom stereocenters. The summed E-state index contributed by atoms with van der Waals surface area (Å²) in [6.45, 7) is 1.25. The molecule has 5 nitrogen and oxygen atoms in total. The summed E-state index contributed by atoms with van der Waals surface area (Å²) in [5, 5.41) is 19.4. The molecule has 5 N–H and O–H groups in total. The maximum absolute atomic E-state index is 10.5. The second-order valence-electron chi connectivity index (χ2n) is 1.94. The van der Waals surface area contributed by atoms with E-state index in [0.717, 1.165) is 0 Å². The Morgan fingerprint density at radius 1 is 1.70 bits per heavy atom. The van der Waals surface area contributed by atoms with Crippen LogP contribution in [0.3, 0.4) is 0 Å². The van der Waals surface area contributed by atoms with E-state index in [9.17, 15) is 4.79 Å². The van der Waals surface area contributed by atoms with E-state index in [0.29, 0.717) is 0 Å². The fourth-order valence-corrected chi connectivity index (χ4v) is 0.344. The van der Waals surface area contributed by atoms with Gasteiger partial charge in [-0.3, -0.25) is 4.79 Å². The van der Waals surface area contributed by atoms with Crippen LogP contribution in [0, 0.1) is 0 Å². The molecule has 0 heterocycles. The highest BCUT2D eigenvalue weighted by Gasteiger charge is 2.10. The minimum atomic E-state index is -1.11. The van der Waals surface area contributed by atoms with Crippen molar-refractivity contribution in [2.45, 2.75) is 19.3 Å². The first-order valence-electron chi connectivity index (χ1n) is 2.94. The Morgan fingerprint density at radius 3 is 2.50 bits per heavy atom. The number of nitrogens with one attached hydrogen (secondary N) is 1. The molecule has 10 heavy (non-hydrogen) atoms. The number of hydrogen-bond acceptors (Lipinski definition) is 4. The lowest BCUT2D eigenvalue weighted by Crippen LogP contribution is -2.43. The third-order valence-corrected chi connectivity index (χ3v) is 0.912. The Bertz CT molecular complexity index is 115. The van der Waals surface area contributed by atoms with Crippen LogP contribution >= 0.6 is 0 Å². The number of rotatable bonds is 3. The van der Waals surface area contributed by atoms with Crippen LogP contribution in [0.4, 0.5) is 0 Å². The summed E-state index contributed by atoms with van der Waals surface area (Å²) >= 11 is 0. The van der Waals surface area contributed by atoms with E-state index in [-0.39, 0.29) is 6.54 Å². The number of carbonyl (C=O) groups excluding carboxylic acids is 1. The van der Waals surface area contributed by atoms with Crippen molar-refractivity contribution in [3.8, 4) is 0 Å². The third-order valence-electron chi connectivity index (χ3n) is 0.912. The van der Waals surface area contributed by atoms with E-state index in [4.69, 9.17) is 15.9 Å². The zero-order valence-corrected chi connectivity index (χ0v) is 5.74. The van der Waals surface area contributed by atoms with Gasteiger partial charge >= 0.3 is 0 Å². The molecule has 0 fully saturated rings. The maximum Gasteiger partial charge on any atom is 0.250 e. The van der Waals surface area contributed by atoms with Crippen molar-refractivity contribution in [3.05, 3.63) is 0 Å². The van der Waals surface area contributed by atoms with Crippen LogP contribution in [0.25, 0.3) is 0 Å². The van der Waals surface area contributed by atoms with Crippen molar-refractivity contribution < 1.29 is 15.0 Å². The first kappa shape index (κ1) is 9.35. The molecule has 0 radical (unpaired) electrons. The lowest BCUT2D eigenvalue weighted by molar-refractivity contribution is -0.131. The predicted molar refractivity (Wildman–Crippen MR) is 34.9 cm³/mol. The molecule has 0 aliphatic rings. The molecule has 0 aliphatic carbocycles. The van der Waals surface area contributed by atoms with E-state index in [2.05, 4.69) is 5.32 Å². The van der Waals surface area contributed by atoms with Gasteiger partial charge in [-0.1, -0.05) is 0 Å². The second kappa shape index (κ2) is 4.21. The number of amides is 1. The summed E-state index contributed by atoms with van der Waals surface area (Å²) in [6, 6.07) is 0. The summed E-state index contributed by atoms with van der Waals surface area (Å²) < 4.78 is 0. The van der Waals surface area contributed by atoms with Crippen LogP contribution < -0.4 is 11.1 Å². The summed E-state index contributed by atoms with van der Waals surface area (Å²) in [5.41, 5.74) is 4.97. The molecule has 0 spiro atoms. The monoisotopic (exact) mass is 148 g/mol. The van der Waals surface area contributed by atoms with E-state index in [1.807, 2.05) is 0 Å². The van der Waals surface area contributed by atoms with Crippen LogP contribution in [0.5, 0.6) is 0 Å². The number of aliphatic hydroxyl groups is 2. The Balaban J connectivity index is 3.57. The average molecular weight is 148 g/mol. The average Bonchev–Trinajstić information content (AvgIpc) is 1.87. The third kappa shape index (κ3) is 3.39. The van der Waals surface area contributed by atoms with Crippen molar-refractivity contribution in [1.82, 2.24) is 5.32 Å². The minimum absolute atomic E-state index is 0.0571. The maximum atomic E-state index is 10.5. The zero-order valence-electron chi connectivity index (χ0n) is 5.74.